The molecule has 0 saturated heterocycles. The Bertz CT molecular complexity index is 1340. The van der Waals surface area contributed by atoms with Crippen molar-refractivity contribution in [2.45, 2.75) is 6.92 Å². The van der Waals surface area contributed by atoms with E-state index in [-0.39, 0.29) is 33.0 Å². The number of carboxylic acid groups (broad SMARTS) is 1. The Kier molecular flexibility index (Phi) is 5.46. The van der Waals surface area contributed by atoms with Crippen LogP contribution in [0.3, 0.4) is 0 Å². The van der Waals surface area contributed by atoms with Crippen LogP contribution in [0, 0.1) is 6.92 Å². The Morgan fingerprint density at radius 2 is 1.59 bits per heavy atom. The number of hydrogen-bond acceptors (Lipinski definition) is 4. The van der Waals surface area contributed by atoms with Crippen LogP contribution in [0.2, 0.25) is 10.0 Å². The molecule has 0 aliphatic carbocycles. The number of amides is 3. The number of aromatic carboxylic acids is 1. The van der Waals surface area contributed by atoms with Crippen LogP contribution in [0.4, 0.5) is 11.4 Å². The van der Waals surface area contributed by atoms with E-state index in [1.54, 1.807) is 18.2 Å². The maximum Gasteiger partial charge on any atom is 0.335 e. The minimum absolute atomic E-state index is 0.0230. The van der Waals surface area contributed by atoms with Crippen molar-refractivity contribution in [3.8, 4) is 0 Å². The van der Waals surface area contributed by atoms with Gasteiger partial charge in [-0.15, -0.1) is 0 Å². The van der Waals surface area contributed by atoms with E-state index >= 15 is 0 Å². The molecule has 160 valence electrons. The molecule has 2 N–H and O–H groups in total. The SMILES string of the molecule is Cc1ccc(NC(=O)c2cc(N3C(=O)c4ccc(C(=O)O)cc4C3=O)ccc2Cl)cc1Cl. The highest BCUT2D eigenvalue weighted by Crippen LogP contribution is 2.32. The van der Waals surface area contributed by atoms with E-state index in [9.17, 15) is 19.2 Å². The second kappa shape index (κ2) is 8.11. The van der Waals surface area contributed by atoms with Gasteiger partial charge in [0.2, 0.25) is 0 Å². The lowest BCUT2D eigenvalue weighted by molar-refractivity contribution is 0.0696. The second-order valence-corrected chi connectivity index (χ2v) is 7.91. The zero-order chi connectivity index (χ0) is 23.2. The summed E-state index contributed by atoms with van der Waals surface area (Å²) in [6.07, 6.45) is 0. The van der Waals surface area contributed by atoms with E-state index in [1.807, 2.05) is 6.92 Å². The van der Waals surface area contributed by atoms with Crippen LogP contribution in [-0.2, 0) is 0 Å². The Labute approximate surface area is 192 Å². The van der Waals surface area contributed by atoms with Crippen LogP contribution < -0.4 is 10.2 Å². The number of halogens is 2. The number of hydrogen-bond donors (Lipinski definition) is 2. The monoisotopic (exact) mass is 468 g/mol. The number of carbonyl (C=O) groups is 4. The van der Waals surface area contributed by atoms with Crippen molar-refractivity contribution < 1.29 is 24.3 Å². The fraction of sp³-hybridized carbons (Fsp3) is 0.0435. The van der Waals surface area contributed by atoms with Gasteiger partial charge in [0.25, 0.3) is 17.7 Å². The van der Waals surface area contributed by atoms with Gasteiger partial charge in [0, 0.05) is 10.7 Å². The first-order chi connectivity index (χ1) is 15.2. The predicted octanol–water partition coefficient (Wildman–Crippen LogP) is 5.05. The number of anilines is 2. The number of nitrogens with one attached hydrogen (secondary N) is 1. The molecule has 4 rings (SSSR count). The van der Waals surface area contributed by atoms with Crippen LogP contribution in [0.5, 0.6) is 0 Å². The van der Waals surface area contributed by atoms with Gasteiger partial charge >= 0.3 is 5.97 Å². The normalized spacial score (nSPS) is 12.7. The van der Waals surface area contributed by atoms with E-state index in [0.717, 1.165) is 16.5 Å². The van der Waals surface area contributed by atoms with E-state index in [2.05, 4.69) is 5.32 Å². The minimum atomic E-state index is -1.21. The van der Waals surface area contributed by atoms with Gasteiger partial charge in [-0.25, -0.2) is 9.69 Å². The third-order valence-corrected chi connectivity index (χ3v) is 5.75. The molecule has 9 heteroatoms. The molecule has 1 aliphatic heterocycles. The topological polar surface area (TPSA) is 104 Å². The number of rotatable bonds is 4. The fourth-order valence-corrected chi connectivity index (χ4v) is 3.69. The maximum atomic E-state index is 12.9. The lowest BCUT2D eigenvalue weighted by atomic mass is 10.1. The van der Waals surface area contributed by atoms with Crippen molar-refractivity contribution in [2.75, 3.05) is 10.2 Å². The zero-order valence-electron chi connectivity index (χ0n) is 16.5. The third-order valence-electron chi connectivity index (χ3n) is 5.02. The van der Waals surface area contributed by atoms with Gasteiger partial charge in [-0.2, -0.15) is 0 Å². The molecule has 0 aromatic heterocycles. The van der Waals surface area contributed by atoms with Gasteiger partial charge in [-0.05, 0) is 61.0 Å². The molecule has 0 spiro atoms. The molecule has 3 amide bonds. The highest BCUT2D eigenvalue weighted by molar-refractivity contribution is 6.37. The number of carboxylic acids is 1. The zero-order valence-corrected chi connectivity index (χ0v) is 18.0. The van der Waals surface area contributed by atoms with E-state index < -0.39 is 23.7 Å². The number of nitrogens with zero attached hydrogens (tertiary/aromatic N) is 1. The molecule has 7 nitrogen and oxygen atoms in total. The summed E-state index contributed by atoms with van der Waals surface area (Å²) in [5.74, 6) is -3.08. The van der Waals surface area contributed by atoms with Crippen LogP contribution in [0.1, 0.15) is 47.0 Å². The number of aryl methyl sites for hydroxylation is 1. The van der Waals surface area contributed by atoms with Gasteiger partial charge in [0.05, 0.1) is 33.0 Å². The van der Waals surface area contributed by atoms with Gasteiger partial charge in [0.15, 0.2) is 0 Å². The van der Waals surface area contributed by atoms with Crippen LogP contribution >= 0.6 is 23.2 Å². The van der Waals surface area contributed by atoms with Crippen molar-refractivity contribution in [1.82, 2.24) is 0 Å². The summed E-state index contributed by atoms with van der Waals surface area (Å²) in [4.78, 5) is 50.6. The number of carbonyl (C=O) groups excluding carboxylic acids is 3. The molecule has 0 saturated carbocycles. The first-order valence-corrected chi connectivity index (χ1v) is 10.1. The summed E-state index contributed by atoms with van der Waals surface area (Å²) in [6.45, 7) is 1.83. The van der Waals surface area contributed by atoms with Gasteiger partial charge in [0.1, 0.15) is 0 Å². The molecule has 1 aliphatic rings. The molecular weight excluding hydrogens is 455 g/mol. The second-order valence-electron chi connectivity index (χ2n) is 7.09. The molecule has 0 radical (unpaired) electrons. The average Bonchev–Trinajstić information content (AvgIpc) is 3.01. The van der Waals surface area contributed by atoms with Gasteiger partial charge in [-0.1, -0.05) is 29.3 Å². The Hall–Kier alpha value is -3.68. The first-order valence-electron chi connectivity index (χ1n) is 9.30. The molecule has 0 fully saturated rings. The van der Waals surface area contributed by atoms with Crippen LogP contribution in [-0.4, -0.2) is 28.8 Å². The van der Waals surface area contributed by atoms with Crippen molar-refractivity contribution in [3.63, 3.8) is 0 Å². The van der Waals surface area contributed by atoms with Crippen molar-refractivity contribution >= 4 is 58.3 Å². The van der Waals surface area contributed by atoms with Gasteiger partial charge in [-0.3, -0.25) is 14.4 Å². The fourth-order valence-electron chi connectivity index (χ4n) is 3.30. The molecule has 32 heavy (non-hydrogen) atoms. The van der Waals surface area contributed by atoms with Crippen molar-refractivity contribution in [2.24, 2.45) is 0 Å². The highest BCUT2D eigenvalue weighted by Gasteiger charge is 2.37. The summed E-state index contributed by atoms with van der Waals surface area (Å²) in [5.41, 5.74) is 1.42. The maximum absolute atomic E-state index is 12.9. The van der Waals surface area contributed by atoms with E-state index in [1.165, 1.54) is 30.3 Å². The Morgan fingerprint density at radius 1 is 0.875 bits per heavy atom. The summed E-state index contributed by atoms with van der Waals surface area (Å²) in [6, 6.07) is 12.9. The summed E-state index contributed by atoms with van der Waals surface area (Å²) in [5, 5.41) is 12.4. The Morgan fingerprint density at radius 3 is 2.28 bits per heavy atom. The lowest BCUT2D eigenvalue weighted by Gasteiger charge is -2.16. The third kappa shape index (κ3) is 3.72. The standard InChI is InChI=1S/C23H14Cl2N2O5/c1-11-2-4-13(9-19(11)25)26-20(28)17-10-14(5-7-18(17)24)27-21(29)15-6-3-12(23(31)32)8-16(15)22(27)30/h2-10H,1H3,(H,26,28)(H,31,32). The van der Waals surface area contributed by atoms with Crippen molar-refractivity contribution in [1.29, 1.82) is 0 Å². The predicted molar refractivity (Wildman–Crippen MR) is 120 cm³/mol. The molecular formula is C23H14Cl2N2O5. The molecule has 0 unspecified atom stereocenters. The molecule has 0 atom stereocenters. The van der Waals surface area contributed by atoms with E-state index in [0.29, 0.717) is 10.7 Å². The van der Waals surface area contributed by atoms with Crippen molar-refractivity contribution in [3.05, 3.63) is 92.5 Å². The number of benzene rings is 3. The smallest absolute Gasteiger partial charge is 0.335 e. The number of fused-ring (bicyclic) bond motifs is 1. The van der Waals surface area contributed by atoms with Gasteiger partial charge < -0.3 is 10.4 Å². The lowest BCUT2D eigenvalue weighted by Crippen LogP contribution is -2.29. The Balaban J connectivity index is 1.67. The molecule has 3 aromatic carbocycles. The molecule has 0 bridgehead atoms. The summed E-state index contributed by atoms with van der Waals surface area (Å²) < 4.78 is 0. The number of imide groups is 1. The first kappa shape index (κ1) is 21.5. The van der Waals surface area contributed by atoms with Crippen LogP contribution in [0.25, 0.3) is 0 Å². The quantitative estimate of drug-likeness (QED) is 0.521. The molecule has 3 aromatic rings. The minimum Gasteiger partial charge on any atom is -0.478 e. The van der Waals surface area contributed by atoms with E-state index in [4.69, 9.17) is 28.3 Å². The summed E-state index contributed by atoms with van der Waals surface area (Å²) in [7, 11) is 0. The summed E-state index contributed by atoms with van der Waals surface area (Å²) >= 11 is 12.3. The average molecular weight is 469 g/mol. The molecule has 1 heterocycles. The van der Waals surface area contributed by atoms with Crippen LogP contribution in [0.15, 0.2) is 54.6 Å². The highest BCUT2D eigenvalue weighted by atomic mass is 35.5. The largest absolute Gasteiger partial charge is 0.478 e.